The third-order valence-electron chi connectivity index (χ3n) is 4.67. The van der Waals surface area contributed by atoms with Crippen LogP contribution < -0.4 is 21.1 Å². The molecule has 0 radical (unpaired) electrons. The van der Waals surface area contributed by atoms with Crippen LogP contribution in [-0.2, 0) is 16.2 Å². The number of nitrogen functional groups attached to an aromatic ring is 1. The normalized spacial score (nSPS) is 11.0. The van der Waals surface area contributed by atoms with Crippen molar-refractivity contribution in [2.45, 2.75) is 13.0 Å². The smallest absolute Gasteiger partial charge is 0.144 e. The largest absolute Gasteiger partial charge is 0.487 e. The number of anilines is 3. The summed E-state index contributed by atoms with van der Waals surface area (Å²) in [7, 11) is 1.67. The summed E-state index contributed by atoms with van der Waals surface area (Å²) < 4.78 is 10.8. The zero-order chi connectivity index (χ0) is 24.0. The van der Waals surface area contributed by atoms with Crippen LogP contribution in [0.4, 0.5) is 17.3 Å². The number of hydrogen-bond acceptors (Lipinski definition) is 9. The van der Waals surface area contributed by atoms with E-state index in [1.54, 1.807) is 19.2 Å². The number of nitrogens with one attached hydrogen (secondary N) is 2. The number of aromatic nitrogens is 2. The molecule has 34 heavy (non-hydrogen) atoms. The number of nitrogens with zero attached hydrogens (tertiary/aromatic N) is 3. The van der Waals surface area contributed by atoms with Crippen molar-refractivity contribution >= 4 is 35.1 Å². The van der Waals surface area contributed by atoms with E-state index in [1.807, 2.05) is 36.4 Å². The Hall–Kier alpha value is -3.40. The molecule has 0 saturated heterocycles. The number of benzene rings is 2. The van der Waals surface area contributed by atoms with Gasteiger partial charge >= 0.3 is 0 Å². The Morgan fingerprint density at radius 1 is 1.09 bits per heavy atom. The molecular formula is C24H29ClN6O3. The average molecular weight is 485 g/mol. The Labute approximate surface area is 204 Å². The predicted octanol–water partition coefficient (Wildman–Crippen LogP) is 4.01. The molecule has 3 rings (SSSR count). The molecule has 0 bridgehead atoms. The maximum absolute atomic E-state index is 6.42. The van der Waals surface area contributed by atoms with Gasteiger partial charge in [-0.15, -0.1) is 0 Å². The number of ether oxygens (including phenoxy) is 2. The van der Waals surface area contributed by atoms with Crippen molar-refractivity contribution in [2.24, 2.45) is 5.16 Å². The van der Waals surface area contributed by atoms with Gasteiger partial charge < -0.3 is 30.7 Å². The van der Waals surface area contributed by atoms with Gasteiger partial charge in [0.25, 0.3) is 0 Å². The van der Waals surface area contributed by atoms with E-state index in [4.69, 9.17) is 31.6 Å². The van der Waals surface area contributed by atoms with Gasteiger partial charge in [-0.1, -0.05) is 47.1 Å². The van der Waals surface area contributed by atoms with E-state index in [-0.39, 0.29) is 5.82 Å². The first-order valence-electron chi connectivity index (χ1n) is 10.9. The van der Waals surface area contributed by atoms with Crippen LogP contribution in [0.25, 0.3) is 0 Å². The van der Waals surface area contributed by atoms with Crippen molar-refractivity contribution in [1.29, 1.82) is 0 Å². The molecule has 0 saturated carbocycles. The SMILES string of the molecule is COCCNCCCO/N=C/c1c(N)ncnc1Nc1ccc(OCc2ccccc2)c(Cl)c1. The summed E-state index contributed by atoms with van der Waals surface area (Å²) in [5.74, 6) is 1.35. The lowest BCUT2D eigenvalue weighted by atomic mass is 10.2. The summed E-state index contributed by atoms with van der Waals surface area (Å²) in [6, 6.07) is 15.3. The lowest BCUT2D eigenvalue weighted by Gasteiger charge is -2.12. The molecule has 0 fully saturated rings. The number of methoxy groups -OCH3 is 1. The van der Waals surface area contributed by atoms with E-state index >= 15 is 0 Å². The molecule has 3 aromatic rings. The van der Waals surface area contributed by atoms with E-state index in [0.717, 1.165) is 25.1 Å². The zero-order valence-electron chi connectivity index (χ0n) is 19.0. The fourth-order valence-electron chi connectivity index (χ4n) is 2.91. The van der Waals surface area contributed by atoms with Crippen molar-refractivity contribution in [2.75, 3.05) is 44.5 Å². The maximum Gasteiger partial charge on any atom is 0.144 e. The van der Waals surface area contributed by atoms with Crippen molar-refractivity contribution in [3.05, 3.63) is 71.0 Å². The molecule has 0 aliphatic rings. The lowest BCUT2D eigenvalue weighted by molar-refractivity contribution is 0.141. The van der Waals surface area contributed by atoms with Gasteiger partial charge in [0.05, 0.1) is 23.4 Å². The van der Waals surface area contributed by atoms with Crippen LogP contribution >= 0.6 is 11.6 Å². The highest BCUT2D eigenvalue weighted by molar-refractivity contribution is 6.32. The Morgan fingerprint density at radius 3 is 2.74 bits per heavy atom. The standard InChI is InChI=1S/C24H29ClN6O3/c1-32-13-11-27-10-5-12-34-30-15-20-23(26)28-17-29-24(20)31-19-8-9-22(21(25)14-19)33-16-18-6-3-2-4-7-18/h2-4,6-9,14-15,17,27H,5,10-13,16H2,1H3,(H3,26,28,29,31)/b30-15+. The molecule has 0 unspecified atom stereocenters. The molecular weight excluding hydrogens is 456 g/mol. The number of nitrogens with two attached hydrogens (primary N) is 1. The minimum atomic E-state index is 0.278. The van der Waals surface area contributed by atoms with Gasteiger partial charge in [-0.3, -0.25) is 0 Å². The summed E-state index contributed by atoms with van der Waals surface area (Å²) in [6.45, 7) is 3.19. The molecule has 0 amide bonds. The van der Waals surface area contributed by atoms with Crippen molar-refractivity contribution < 1.29 is 14.3 Å². The minimum Gasteiger partial charge on any atom is -0.487 e. The maximum atomic E-state index is 6.42. The van der Waals surface area contributed by atoms with Gasteiger partial charge in [0, 0.05) is 19.3 Å². The molecule has 180 valence electrons. The van der Waals surface area contributed by atoms with Crippen molar-refractivity contribution in [3.63, 3.8) is 0 Å². The van der Waals surface area contributed by atoms with Crippen LogP contribution in [0.1, 0.15) is 17.5 Å². The van der Waals surface area contributed by atoms with E-state index in [2.05, 4.69) is 25.8 Å². The molecule has 9 nitrogen and oxygen atoms in total. The van der Waals surface area contributed by atoms with Crippen LogP contribution in [0.5, 0.6) is 5.75 Å². The van der Waals surface area contributed by atoms with Crippen LogP contribution in [-0.4, -0.2) is 49.6 Å². The molecule has 10 heteroatoms. The van der Waals surface area contributed by atoms with Crippen LogP contribution in [0.15, 0.2) is 60.0 Å². The highest BCUT2D eigenvalue weighted by Crippen LogP contribution is 2.30. The molecule has 1 aromatic heterocycles. The van der Waals surface area contributed by atoms with E-state index in [0.29, 0.717) is 47.7 Å². The summed E-state index contributed by atoms with van der Waals surface area (Å²) >= 11 is 6.42. The highest BCUT2D eigenvalue weighted by atomic mass is 35.5. The van der Waals surface area contributed by atoms with Gasteiger partial charge in [0.1, 0.15) is 36.9 Å². The van der Waals surface area contributed by atoms with Gasteiger partial charge in [-0.05, 0) is 36.7 Å². The predicted molar refractivity (Wildman–Crippen MR) is 135 cm³/mol. The van der Waals surface area contributed by atoms with Crippen LogP contribution in [0, 0.1) is 0 Å². The third kappa shape index (κ3) is 8.18. The van der Waals surface area contributed by atoms with Gasteiger partial charge in [-0.2, -0.15) is 0 Å². The van der Waals surface area contributed by atoms with Gasteiger partial charge in [-0.25, -0.2) is 9.97 Å². The van der Waals surface area contributed by atoms with Crippen LogP contribution in [0.3, 0.4) is 0 Å². The monoisotopic (exact) mass is 484 g/mol. The second-order valence-corrected chi connectivity index (χ2v) is 7.64. The Kier molecular flexibility index (Phi) is 10.4. The topological polar surface area (TPSA) is 116 Å². The highest BCUT2D eigenvalue weighted by Gasteiger charge is 2.10. The number of rotatable bonds is 14. The fraction of sp³-hybridized carbons (Fsp3) is 0.292. The van der Waals surface area contributed by atoms with E-state index < -0.39 is 0 Å². The molecule has 0 aliphatic heterocycles. The third-order valence-corrected chi connectivity index (χ3v) is 4.97. The molecule has 0 atom stereocenters. The Morgan fingerprint density at radius 2 is 1.94 bits per heavy atom. The molecule has 1 heterocycles. The molecule has 4 N–H and O–H groups in total. The van der Waals surface area contributed by atoms with Gasteiger partial charge in [0.2, 0.25) is 0 Å². The number of halogens is 1. The fourth-order valence-corrected chi connectivity index (χ4v) is 3.14. The number of oxime groups is 1. The first-order chi connectivity index (χ1) is 16.7. The lowest BCUT2D eigenvalue weighted by Crippen LogP contribution is -2.21. The summed E-state index contributed by atoms with van der Waals surface area (Å²) in [5, 5.41) is 10.9. The first kappa shape index (κ1) is 25.2. The van der Waals surface area contributed by atoms with Crippen LogP contribution in [0.2, 0.25) is 5.02 Å². The zero-order valence-corrected chi connectivity index (χ0v) is 19.8. The van der Waals surface area contributed by atoms with Crippen molar-refractivity contribution in [3.8, 4) is 5.75 Å². The minimum absolute atomic E-state index is 0.278. The Bertz CT molecular complexity index is 1050. The quantitative estimate of drug-likeness (QED) is 0.178. The Balaban J connectivity index is 1.56. The number of hydrogen-bond donors (Lipinski definition) is 3. The summed E-state index contributed by atoms with van der Waals surface area (Å²) in [4.78, 5) is 13.6. The summed E-state index contributed by atoms with van der Waals surface area (Å²) in [5.41, 5.74) is 8.32. The molecule has 2 aromatic carbocycles. The molecule has 0 aliphatic carbocycles. The van der Waals surface area contributed by atoms with Gasteiger partial charge in [0.15, 0.2) is 0 Å². The second-order valence-electron chi connectivity index (χ2n) is 7.23. The second kappa shape index (κ2) is 14.0. The van der Waals surface area contributed by atoms with E-state index in [9.17, 15) is 0 Å². The molecule has 0 spiro atoms. The van der Waals surface area contributed by atoms with E-state index in [1.165, 1.54) is 12.5 Å². The van der Waals surface area contributed by atoms with Crippen molar-refractivity contribution in [1.82, 2.24) is 15.3 Å². The summed E-state index contributed by atoms with van der Waals surface area (Å²) in [6.07, 6.45) is 3.68. The average Bonchev–Trinajstić information content (AvgIpc) is 2.84. The first-order valence-corrected chi connectivity index (χ1v) is 11.2.